The normalized spacial score (nSPS) is 12.7. The predicted molar refractivity (Wildman–Crippen MR) is 127 cm³/mol. The Morgan fingerprint density at radius 3 is 2.37 bits per heavy atom. The van der Waals surface area contributed by atoms with Crippen molar-refractivity contribution in [2.45, 2.75) is 64.6 Å². The zero-order chi connectivity index (χ0) is 26.6. The van der Waals surface area contributed by atoms with Crippen LogP contribution in [0, 0.1) is 0 Å². The fraction of sp³-hybridized carbons (Fsp3) is 0.583. The molecule has 11 nitrogen and oxygen atoms in total. The summed E-state index contributed by atoms with van der Waals surface area (Å²) in [5.41, 5.74) is -0.544. The number of aliphatic hydroxyl groups is 1. The minimum atomic E-state index is -1.39. The number of methoxy groups -OCH3 is 1. The molecule has 0 aliphatic heterocycles. The highest BCUT2D eigenvalue weighted by Gasteiger charge is 2.36. The maximum Gasteiger partial charge on any atom is 0.408 e. The summed E-state index contributed by atoms with van der Waals surface area (Å²) in [7, 11) is 1.18. The molecule has 0 spiro atoms. The zero-order valence-electron chi connectivity index (χ0n) is 21.0. The number of alkyl carbamates (subject to hydrolysis) is 1. The van der Waals surface area contributed by atoms with Gasteiger partial charge in [0, 0.05) is 6.54 Å². The van der Waals surface area contributed by atoms with Crippen LogP contribution in [0.3, 0.4) is 0 Å². The molecule has 35 heavy (non-hydrogen) atoms. The van der Waals surface area contributed by atoms with E-state index >= 15 is 0 Å². The SMILES string of the molecule is CCCCCN(C(=O)C(CO)NC(=O)OC(C)(C)C)C(C(=O)NCC(=O)OC)c1cccc(O)c1. The molecule has 2 atom stereocenters. The van der Waals surface area contributed by atoms with Crippen LogP contribution in [0.4, 0.5) is 4.79 Å². The third-order valence-electron chi connectivity index (χ3n) is 4.84. The number of amides is 3. The lowest BCUT2D eigenvalue weighted by Gasteiger charge is -2.34. The number of hydrogen-bond acceptors (Lipinski definition) is 8. The monoisotopic (exact) mass is 495 g/mol. The Labute approximate surface area is 205 Å². The van der Waals surface area contributed by atoms with Crippen LogP contribution < -0.4 is 10.6 Å². The first kappa shape index (κ1) is 29.7. The number of benzene rings is 1. The molecule has 0 saturated heterocycles. The van der Waals surface area contributed by atoms with E-state index in [1.54, 1.807) is 26.8 Å². The molecule has 0 radical (unpaired) electrons. The molecule has 0 saturated carbocycles. The average Bonchev–Trinajstić information content (AvgIpc) is 2.78. The van der Waals surface area contributed by atoms with Crippen LogP contribution in [-0.4, -0.2) is 77.4 Å². The van der Waals surface area contributed by atoms with E-state index in [1.807, 2.05) is 6.92 Å². The number of ether oxygens (including phenoxy) is 2. The van der Waals surface area contributed by atoms with Gasteiger partial charge in [0.2, 0.25) is 11.8 Å². The van der Waals surface area contributed by atoms with E-state index in [0.29, 0.717) is 6.42 Å². The van der Waals surface area contributed by atoms with Gasteiger partial charge in [-0.2, -0.15) is 0 Å². The summed E-state index contributed by atoms with van der Waals surface area (Å²) < 4.78 is 9.75. The van der Waals surface area contributed by atoms with Gasteiger partial charge in [0.1, 0.15) is 30.0 Å². The molecule has 196 valence electrons. The second-order valence-electron chi connectivity index (χ2n) is 8.91. The molecule has 0 bridgehead atoms. The molecule has 0 fully saturated rings. The Morgan fingerprint density at radius 1 is 1.14 bits per heavy atom. The maximum atomic E-state index is 13.5. The number of rotatable bonds is 12. The highest BCUT2D eigenvalue weighted by atomic mass is 16.6. The summed E-state index contributed by atoms with van der Waals surface area (Å²) in [6.45, 7) is 5.89. The van der Waals surface area contributed by atoms with Crippen molar-refractivity contribution >= 4 is 23.9 Å². The van der Waals surface area contributed by atoms with E-state index in [1.165, 1.54) is 30.2 Å². The van der Waals surface area contributed by atoms with E-state index < -0.39 is 54.7 Å². The van der Waals surface area contributed by atoms with Gasteiger partial charge in [-0.25, -0.2) is 4.79 Å². The Bertz CT molecular complexity index is 869. The lowest BCUT2D eigenvalue weighted by molar-refractivity contribution is -0.145. The third-order valence-corrected chi connectivity index (χ3v) is 4.84. The summed E-state index contributed by atoms with van der Waals surface area (Å²) in [5, 5.41) is 24.7. The highest BCUT2D eigenvalue weighted by molar-refractivity contribution is 5.93. The maximum absolute atomic E-state index is 13.5. The van der Waals surface area contributed by atoms with Crippen molar-refractivity contribution in [1.82, 2.24) is 15.5 Å². The summed E-state index contributed by atoms with van der Waals surface area (Å²) in [6.07, 6.45) is 1.23. The Morgan fingerprint density at radius 2 is 1.83 bits per heavy atom. The molecule has 2 unspecified atom stereocenters. The van der Waals surface area contributed by atoms with Crippen LogP contribution in [0.2, 0.25) is 0 Å². The Kier molecular flexibility index (Phi) is 12.0. The molecule has 1 aromatic carbocycles. The Balaban J connectivity index is 3.36. The third kappa shape index (κ3) is 10.2. The van der Waals surface area contributed by atoms with E-state index in [0.717, 1.165) is 12.8 Å². The van der Waals surface area contributed by atoms with Crippen LogP contribution in [0.5, 0.6) is 5.75 Å². The van der Waals surface area contributed by atoms with Crippen LogP contribution in [0.1, 0.15) is 58.6 Å². The molecule has 0 aromatic heterocycles. The number of nitrogens with zero attached hydrogens (tertiary/aromatic N) is 1. The van der Waals surface area contributed by atoms with Gasteiger partial charge in [0.05, 0.1) is 13.7 Å². The first-order valence-electron chi connectivity index (χ1n) is 11.5. The van der Waals surface area contributed by atoms with Crippen molar-refractivity contribution in [3.8, 4) is 5.75 Å². The molecule has 1 rings (SSSR count). The zero-order valence-corrected chi connectivity index (χ0v) is 21.0. The smallest absolute Gasteiger partial charge is 0.408 e. The van der Waals surface area contributed by atoms with Crippen molar-refractivity contribution in [2.75, 3.05) is 26.8 Å². The number of nitrogens with one attached hydrogen (secondary N) is 2. The van der Waals surface area contributed by atoms with Crippen molar-refractivity contribution in [2.24, 2.45) is 0 Å². The first-order valence-corrected chi connectivity index (χ1v) is 11.5. The number of aromatic hydroxyl groups is 1. The number of hydrogen-bond donors (Lipinski definition) is 4. The van der Waals surface area contributed by atoms with E-state index in [2.05, 4.69) is 15.4 Å². The van der Waals surface area contributed by atoms with Crippen LogP contribution in [-0.2, 0) is 23.9 Å². The Hall–Kier alpha value is -3.34. The minimum Gasteiger partial charge on any atom is -0.508 e. The average molecular weight is 496 g/mol. The molecule has 4 N–H and O–H groups in total. The number of unbranched alkanes of at least 4 members (excludes halogenated alkanes) is 2. The second-order valence-corrected chi connectivity index (χ2v) is 8.91. The minimum absolute atomic E-state index is 0.116. The number of phenolic OH excluding ortho intramolecular Hbond substituents is 1. The lowest BCUT2D eigenvalue weighted by Crippen LogP contribution is -2.54. The van der Waals surface area contributed by atoms with Crippen LogP contribution >= 0.6 is 0 Å². The topological polar surface area (TPSA) is 154 Å². The number of esters is 1. The van der Waals surface area contributed by atoms with Crippen molar-refractivity contribution < 1.29 is 38.9 Å². The summed E-state index contributed by atoms with van der Waals surface area (Å²) in [6, 6.07) is 3.17. The quantitative estimate of drug-likeness (QED) is 0.252. The number of carbonyl (C=O) groups is 4. The van der Waals surface area contributed by atoms with E-state index in [-0.39, 0.29) is 17.9 Å². The lowest BCUT2D eigenvalue weighted by atomic mass is 10.0. The highest BCUT2D eigenvalue weighted by Crippen LogP contribution is 2.26. The molecular weight excluding hydrogens is 458 g/mol. The molecule has 0 heterocycles. The molecule has 0 aliphatic carbocycles. The first-order chi connectivity index (χ1) is 16.4. The standard InChI is InChI=1S/C24H37N3O8/c1-6-7-8-12-27(22(32)18(15-28)26-23(33)35-24(2,3)4)20(16-10-9-11-17(29)13-16)21(31)25-14-19(30)34-5/h9-11,13,18,20,28-29H,6-8,12,14-15H2,1-5H3,(H,25,31)(H,26,33). The summed E-state index contributed by atoms with van der Waals surface area (Å²) >= 11 is 0. The van der Waals surface area contributed by atoms with Gasteiger partial charge >= 0.3 is 12.1 Å². The summed E-state index contributed by atoms with van der Waals surface area (Å²) in [5.74, 6) is -2.23. The van der Waals surface area contributed by atoms with Gasteiger partial charge in [0.15, 0.2) is 0 Å². The number of aliphatic hydroxyl groups excluding tert-OH is 1. The van der Waals surface area contributed by atoms with Crippen LogP contribution in [0.25, 0.3) is 0 Å². The van der Waals surface area contributed by atoms with E-state index in [9.17, 15) is 29.4 Å². The van der Waals surface area contributed by atoms with Crippen molar-refractivity contribution in [3.05, 3.63) is 29.8 Å². The number of carbonyl (C=O) groups excluding carboxylic acids is 4. The van der Waals surface area contributed by atoms with Gasteiger partial charge in [-0.1, -0.05) is 31.9 Å². The van der Waals surface area contributed by atoms with Crippen molar-refractivity contribution in [1.29, 1.82) is 0 Å². The van der Waals surface area contributed by atoms with Gasteiger partial charge in [-0.3, -0.25) is 14.4 Å². The van der Waals surface area contributed by atoms with E-state index in [4.69, 9.17) is 4.74 Å². The van der Waals surface area contributed by atoms with Gasteiger partial charge in [0.25, 0.3) is 0 Å². The van der Waals surface area contributed by atoms with Crippen LogP contribution in [0.15, 0.2) is 24.3 Å². The molecular formula is C24H37N3O8. The largest absolute Gasteiger partial charge is 0.508 e. The fourth-order valence-electron chi connectivity index (χ4n) is 3.23. The molecule has 3 amide bonds. The summed E-state index contributed by atoms with van der Waals surface area (Å²) in [4.78, 5) is 51.8. The molecule has 0 aliphatic rings. The molecule has 11 heteroatoms. The second kappa shape index (κ2) is 14.1. The molecule has 1 aromatic rings. The van der Waals surface area contributed by atoms with Gasteiger partial charge < -0.3 is 35.2 Å². The van der Waals surface area contributed by atoms with Crippen molar-refractivity contribution in [3.63, 3.8) is 0 Å². The van der Waals surface area contributed by atoms with Gasteiger partial charge in [-0.15, -0.1) is 0 Å². The van der Waals surface area contributed by atoms with Gasteiger partial charge in [-0.05, 0) is 44.9 Å². The number of phenols is 1. The predicted octanol–water partition coefficient (Wildman–Crippen LogP) is 1.63. The fourth-order valence-corrected chi connectivity index (χ4v) is 3.23.